The van der Waals surface area contributed by atoms with E-state index in [0.717, 1.165) is 25.2 Å². The van der Waals surface area contributed by atoms with Gasteiger partial charge in [-0.3, -0.25) is 4.79 Å². The molecule has 2 atom stereocenters. The highest BCUT2D eigenvalue weighted by atomic mass is 35.5. The van der Waals surface area contributed by atoms with Crippen LogP contribution in [0.1, 0.15) is 31.2 Å². The minimum Gasteiger partial charge on any atom is -0.478 e. The lowest BCUT2D eigenvalue weighted by molar-refractivity contribution is -0.136. The Labute approximate surface area is 197 Å². The molecule has 1 aromatic carbocycles. The number of carboxylic acids is 2. The minimum atomic E-state index is -1.26. The van der Waals surface area contributed by atoms with Crippen LogP contribution in [0, 0.1) is 0 Å². The average Bonchev–Trinajstić information content (AvgIpc) is 3.23. The number of carbonyl (C=O) groups excluding carboxylic acids is 1. The fraction of sp³-hybridized carbons (Fsp3) is 0.500. The van der Waals surface area contributed by atoms with Gasteiger partial charge in [0.15, 0.2) is 0 Å². The Hall–Kier alpha value is -2.13. The Kier molecular flexibility index (Phi) is 10.4. The number of aliphatic carboxylic acids is 2. The number of hydrogen-bond acceptors (Lipinski definition) is 5. The number of benzene rings is 1. The van der Waals surface area contributed by atoms with Crippen molar-refractivity contribution < 1.29 is 29.7 Å². The number of hydrogen-bond donors (Lipinski definition) is 3. The van der Waals surface area contributed by atoms with Crippen molar-refractivity contribution in [3.05, 3.63) is 46.0 Å². The van der Waals surface area contributed by atoms with Gasteiger partial charge in [0.05, 0.1) is 22.6 Å². The van der Waals surface area contributed by atoms with E-state index in [1.54, 1.807) is 12.1 Å². The number of aliphatic hydroxyl groups excluding tert-OH is 1. The third kappa shape index (κ3) is 8.78. The summed E-state index contributed by atoms with van der Waals surface area (Å²) in [6.07, 6.45) is 4.92. The van der Waals surface area contributed by atoms with E-state index in [-0.39, 0.29) is 18.1 Å². The molecule has 1 amide bonds. The average molecular weight is 487 g/mol. The Bertz CT molecular complexity index is 826. The van der Waals surface area contributed by atoms with E-state index in [1.807, 2.05) is 11.0 Å². The van der Waals surface area contributed by atoms with Crippen LogP contribution in [0.15, 0.2) is 30.4 Å². The fourth-order valence-corrected chi connectivity index (χ4v) is 4.18. The molecule has 2 fully saturated rings. The fourth-order valence-electron chi connectivity index (χ4n) is 3.86. The predicted molar refractivity (Wildman–Crippen MR) is 121 cm³/mol. The monoisotopic (exact) mass is 486 g/mol. The van der Waals surface area contributed by atoms with E-state index in [1.165, 1.54) is 12.8 Å². The van der Waals surface area contributed by atoms with Gasteiger partial charge in [-0.15, -0.1) is 0 Å². The summed E-state index contributed by atoms with van der Waals surface area (Å²) < 4.78 is 0. The molecular formula is C22H28Cl2N2O6. The molecule has 3 N–H and O–H groups in total. The molecule has 0 spiro atoms. The number of carbonyl (C=O) groups is 3. The third-order valence-corrected chi connectivity index (χ3v) is 6.12. The van der Waals surface area contributed by atoms with Crippen molar-refractivity contribution in [1.82, 2.24) is 9.80 Å². The molecule has 0 unspecified atom stereocenters. The van der Waals surface area contributed by atoms with Gasteiger partial charge in [0.2, 0.25) is 5.91 Å². The topological polar surface area (TPSA) is 118 Å². The first kappa shape index (κ1) is 26.1. The SMILES string of the molecule is O=C(Cc1ccc(Cl)c(Cl)c1)N1CC[C@H](O)C[C@H]1CN1CCCC1.O=C(O)/C=C\C(=O)O. The van der Waals surface area contributed by atoms with Gasteiger partial charge in [-0.25, -0.2) is 9.59 Å². The van der Waals surface area contributed by atoms with Crippen LogP contribution in [0.2, 0.25) is 10.0 Å². The van der Waals surface area contributed by atoms with Gasteiger partial charge in [0, 0.05) is 31.3 Å². The summed E-state index contributed by atoms with van der Waals surface area (Å²) in [5.41, 5.74) is 0.875. The zero-order valence-electron chi connectivity index (χ0n) is 17.6. The first-order chi connectivity index (χ1) is 15.2. The van der Waals surface area contributed by atoms with Crippen molar-refractivity contribution in [2.45, 2.75) is 44.2 Å². The summed E-state index contributed by atoms with van der Waals surface area (Å²) in [6, 6.07) is 5.44. The van der Waals surface area contributed by atoms with Crippen LogP contribution >= 0.6 is 23.2 Å². The van der Waals surface area contributed by atoms with Gasteiger partial charge >= 0.3 is 11.9 Å². The molecule has 2 aliphatic rings. The van der Waals surface area contributed by atoms with Crippen LogP contribution in [0.5, 0.6) is 0 Å². The van der Waals surface area contributed by atoms with E-state index < -0.39 is 11.9 Å². The molecule has 0 saturated carbocycles. The highest BCUT2D eigenvalue weighted by molar-refractivity contribution is 6.42. The second kappa shape index (κ2) is 12.8. The van der Waals surface area contributed by atoms with E-state index in [2.05, 4.69) is 4.90 Å². The molecule has 0 aliphatic carbocycles. The summed E-state index contributed by atoms with van der Waals surface area (Å²) in [6.45, 7) is 3.69. The number of aliphatic hydroxyl groups is 1. The zero-order chi connectivity index (χ0) is 23.7. The number of piperidine rings is 1. The van der Waals surface area contributed by atoms with E-state index in [4.69, 9.17) is 33.4 Å². The number of halogens is 2. The van der Waals surface area contributed by atoms with Crippen molar-refractivity contribution in [2.24, 2.45) is 0 Å². The number of rotatable bonds is 6. The van der Waals surface area contributed by atoms with Crippen LogP contribution in [0.3, 0.4) is 0 Å². The first-order valence-electron chi connectivity index (χ1n) is 10.4. The maximum Gasteiger partial charge on any atom is 0.328 e. The molecule has 2 saturated heterocycles. The number of likely N-dealkylation sites (tertiary alicyclic amines) is 2. The summed E-state index contributed by atoms with van der Waals surface area (Å²) >= 11 is 12.0. The zero-order valence-corrected chi connectivity index (χ0v) is 19.1. The van der Waals surface area contributed by atoms with Crippen molar-refractivity contribution in [3.63, 3.8) is 0 Å². The standard InChI is InChI=1S/C18H24Cl2N2O2.C4H4O4/c19-16-4-3-13(9-17(16)20)10-18(24)22-8-5-15(23)11-14(22)12-21-6-1-2-7-21;5-3(6)1-2-4(7)8/h3-4,9,14-15,23H,1-2,5-8,10-12H2;1-2H,(H,5,6)(H,7,8)/b;2-1-/t14-,15-;/m0./s1. The molecular weight excluding hydrogens is 459 g/mol. The Balaban J connectivity index is 0.000000390. The lowest BCUT2D eigenvalue weighted by Crippen LogP contribution is -2.52. The second-order valence-electron chi connectivity index (χ2n) is 7.86. The van der Waals surface area contributed by atoms with E-state index in [0.29, 0.717) is 48.0 Å². The Morgan fingerprint density at radius 2 is 1.62 bits per heavy atom. The highest BCUT2D eigenvalue weighted by Gasteiger charge is 2.32. The lowest BCUT2D eigenvalue weighted by Gasteiger charge is -2.40. The van der Waals surface area contributed by atoms with Gasteiger partial charge in [-0.2, -0.15) is 0 Å². The van der Waals surface area contributed by atoms with Crippen molar-refractivity contribution in [3.8, 4) is 0 Å². The van der Waals surface area contributed by atoms with Gasteiger partial charge < -0.3 is 25.1 Å². The molecule has 32 heavy (non-hydrogen) atoms. The largest absolute Gasteiger partial charge is 0.478 e. The van der Waals surface area contributed by atoms with E-state index in [9.17, 15) is 19.5 Å². The van der Waals surface area contributed by atoms with Crippen LogP contribution in [0.4, 0.5) is 0 Å². The predicted octanol–water partition coefficient (Wildman–Crippen LogP) is 2.70. The third-order valence-electron chi connectivity index (χ3n) is 5.38. The minimum absolute atomic E-state index is 0.0992. The Morgan fingerprint density at radius 1 is 1.00 bits per heavy atom. The van der Waals surface area contributed by atoms with Crippen LogP contribution in [-0.4, -0.2) is 81.3 Å². The smallest absolute Gasteiger partial charge is 0.328 e. The first-order valence-corrected chi connectivity index (χ1v) is 11.2. The molecule has 8 nitrogen and oxygen atoms in total. The number of carboxylic acid groups (broad SMARTS) is 2. The second-order valence-corrected chi connectivity index (χ2v) is 8.68. The summed E-state index contributed by atoms with van der Waals surface area (Å²) in [5.74, 6) is -2.41. The van der Waals surface area contributed by atoms with Gasteiger partial charge in [-0.05, 0) is 56.5 Å². The maximum atomic E-state index is 12.8. The normalized spacial score (nSPS) is 21.3. The highest BCUT2D eigenvalue weighted by Crippen LogP contribution is 2.25. The summed E-state index contributed by atoms with van der Waals surface area (Å²) in [5, 5.41) is 26.6. The van der Waals surface area contributed by atoms with Crippen molar-refractivity contribution >= 4 is 41.0 Å². The van der Waals surface area contributed by atoms with Crippen molar-refractivity contribution in [1.29, 1.82) is 0 Å². The molecule has 0 bridgehead atoms. The van der Waals surface area contributed by atoms with E-state index >= 15 is 0 Å². The quantitative estimate of drug-likeness (QED) is 0.528. The van der Waals surface area contributed by atoms with Gasteiger partial charge in [0.1, 0.15) is 0 Å². The van der Waals surface area contributed by atoms with Crippen LogP contribution < -0.4 is 0 Å². The van der Waals surface area contributed by atoms with Gasteiger partial charge in [0.25, 0.3) is 0 Å². The molecule has 2 heterocycles. The number of nitrogens with zero attached hydrogens (tertiary/aromatic N) is 2. The van der Waals surface area contributed by atoms with Gasteiger partial charge in [-0.1, -0.05) is 29.3 Å². The molecule has 176 valence electrons. The van der Waals surface area contributed by atoms with Crippen molar-refractivity contribution in [2.75, 3.05) is 26.2 Å². The van der Waals surface area contributed by atoms with Crippen LogP contribution in [-0.2, 0) is 20.8 Å². The number of amides is 1. The molecule has 10 heteroatoms. The maximum absolute atomic E-state index is 12.8. The molecule has 0 radical (unpaired) electrons. The molecule has 0 aromatic heterocycles. The molecule has 2 aliphatic heterocycles. The summed E-state index contributed by atoms with van der Waals surface area (Å²) in [7, 11) is 0. The molecule has 1 aromatic rings. The summed E-state index contributed by atoms with van der Waals surface area (Å²) in [4.78, 5) is 36.3. The Morgan fingerprint density at radius 3 is 2.19 bits per heavy atom. The molecule has 3 rings (SSSR count). The van der Waals surface area contributed by atoms with Crippen LogP contribution in [0.25, 0.3) is 0 Å². The lowest BCUT2D eigenvalue weighted by atomic mass is 9.97.